The second-order valence-corrected chi connectivity index (χ2v) is 11.4. The summed E-state index contributed by atoms with van der Waals surface area (Å²) in [6, 6.07) is 17.5. The SMILES string of the molecule is COc1ccc(NC(=O)Nc2ccc3c(c2)CC(=O)N([C@H](C)CO)C[C@@H](C)[C@H](CN(C)Cc2ccc4c(c2)OCO4)O3)cc1. The maximum atomic E-state index is 13.5. The Bertz CT molecular complexity index is 1460. The van der Waals surface area contributed by atoms with E-state index in [4.69, 9.17) is 18.9 Å². The van der Waals surface area contributed by atoms with Crippen LogP contribution in [0, 0.1) is 5.92 Å². The van der Waals surface area contributed by atoms with Gasteiger partial charge in [-0.3, -0.25) is 9.69 Å². The van der Waals surface area contributed by atoms with Gasteiger partial charge in [0, 0.05) is 42.5 Å². The van der Waals surface area contributed by atoms with Crippen molar-refractivity contribution in [3.05, 3.63) is 71.8 Å². The zero-order valence-electron chi connectivity index (χ0n) is 25.5. The third-order valence-corrected chi connectivity index (χ3v) is 7.90. The van der Waals surface area contributed by atoms with E-state index < -0.39 is 6.03 Å². The molecule has 0 saturated carbocycles. The van der Waals surface area contributed by atoms with Crippen LogP contribution in [0.4, 0.5) is 16.2 Å². The van der Waals surface area contributed by atoms with Crippen molar-refractivity contribution in [2.45, 2.75) is 39.0 Å². The third-order valence-electron chi connectivity index (χ3n) is 7.90. The molecule has 3 aromatic carbocycles. The standard InChI is InChI=1S/C33H40N4O7/c1-21-16-37(22(2)19-38)32(39)15-24-14-26(35-33(40)34-25-6-9-27(41-4)10-7-25)8-12-28(24)44-31(21)18-36(3)17-23-5-11-29-30(13-23)43-20-42-29/h5-14,21-22,31,38H,15-20H2,1-4H3,(H2,34,35,40)/t21-,22-,31+/m1/s1. The second kappa shape index (κ2) is 13.9. The second-order valence-electron chi connectivity index (χ2n) is 11.4. The quantitative estimate of drug-likeness (QED) is 0.330. The maximum absolute atomic E-state index is 13.5. The number of ether oxygens (including phenoxy) is 4. The number of urea groups is 1. The predicted molar refractivity (Wildman–Crippen MR) is 167 cm³/mol. The fourth-order valence-corrected chi connectivity index (χ4v) is 5.42. The lowest BCUT2D eigenvalue weighted by molar-refractivity contribution is -0.134. The van der Waals surface area contributed by atoms with Crippen molar-refractivity contribution in [1.82, 2.24) is 9.80 Å². The van der Waals surface area contributed by atoms with E-state index in [1.807, 2.05) is 32.2 Å². The smallest absolute Gasteiger partial charge is 0.323 e. The molecule has 0 aromatic heterocycles. The Hall–Kier alpha value is -4.48. The van der Waals surface area contributed by atoms with Gasteiger partial charge >= 0.3 is 6.03 Å². The summed E-state index contributed by atoms with van der Waals surface area (Å²) in [5, 5.41) is 15.6. The molecule has 11 nitrogen and oxygen atoms in total. The molecule has 2 heterocycles. The van der Waals surface area contributed by atoms with Gasteiger partial charge in [-0.25, -0.2) is 4.79 Å². The van der Waals surface area contributed by atoms with Crippen molar-refractivity contribution in [2.24, 2.45) is 5.92 Å². The molecule has 0 spiro atoms. The van der Waals surface area contributed by atoms with Crippen LogP contribution in [0.3, 0.4) is 0 Å². The molecule has 3 amide bonds. The first-order valence-corrected chi connectivity index (χ1v) is 14.7. The van der Waals surface area contributed by atoms with Crippen LogP contribution < -0.4 is 29.6 Å². The molecule has 3 aromatic rings. The van der Waals surface area contributed by atoms with Crippen molar-refractivity contribution < 1.29 is 33.6 Å². The number of likely N-dealkylation sites (N-methyl/N-ethyl adjacent to an activating group) is 1. The molecule has 0 unspecified atom stereocenters. The van der Waals surface area contributed by atoms with Crippen LogP contribution in [0.15, 0.2) is 60.7 Å². The molecule has 0 fully saturated rings. The molecule has 0 saturated heterocycles. The average Bonchev–Trinajstić information content (AvgIpc) is 3.49. The molecular weight excluding hydrogens is 564 g/mol. The van der Waals surface area contributed by atoms with Crippen LogP contribution in [0.1, 0.15) is 25.0 Å². The number of nitrogens with zero attached hydrogens (tertiary/aromatic N) is 2. The van der Waals surface area contributed by atoms with Crippen LogP contribution >= 0.6 is 0 Å². The number of anilines is 2. The Morgan fingerprint density at radius 1 is 1.05 bits per heavy atom. The highest BCUT2D eigenvalue weighted by Gasteiger charge is 2.31. The van der Waals surface area contributed by atoms with Gasteiger partial charge in [0.2, 0.25) is 12.7 Å². The van der Waals surface area contributed by atoms with E-state index in [0.29, 0.717) is 48.1 Å². The van der Waals surface area contributed by atoms with Crippen molar-refractivity contribution in [1.29, 1.82) is 0 Å². The average molecular weight is 605 g/mol. The Morgan fingerprint density at radius 2 is 1.75 bits per heavy atom. The van der Waals surface area contributed by atoms with Crippen LogP contribution in [0.25, 0.3) is 0 Å². The van der Waals surface area contributed by atoms with Gasteiger partial charge in [0.1, 0.15) is 17.6 Å². The number of hydrogen-bond donors (Lipinski definition) is 3. The van der Waals surface area contributed by atoms with Crippen molar-refractivity contribution in [2.75, 3.05) is 51.3 Å². The molecule has 2 aliphatic heterocycles. The maximum Gasteiger partial charge on any atom is 0.323 e. The van der Waals surface area contributed by atoms with Gasteiger partial charge in [-0.15, -0.1) is 0 Å². The zero-order chi connectivity index (χ0) is 31.2. The highest BCUT2D eigenvalue weighted by Crippen LogP contribution is 2.33. The third kappa shape index (κ3) is 7.53. The Labute approximate surface area is 257 Å². The first-order chi connectivity index (χ1) is 21.2. The summed E-state index contributed by atoms with van der Waals surface area (Å²) in [7, 11) is 3.61. The van der Waals surface area contributed by atoms with E-state index in [-0.39, 0.29) is 43.8 Å². The number of hydrogen-bond acceptors (Lipinski definition) is 8. The van der Waals surface area contributed by atoms with Gasteiger partial charge in [0.15, 0.2) is 11.5 Å². The van der Waals surface area contributed by atoms with Crippen LogP contribution in [0.2, 0.25) is 0 Å². The first-order valence-electron chi connectivity index (χ1n) is 14.7. The number of nitrogens with one attached hydrogen (secondary N) is 2. The molecule has 0 bridgehead atoms. The number of aliphatic hydroxyl groups excluding tert-OH is 1. The normalized spacial score (nSPS) is 18.4. The summed E-state index contributed by atoms with van der Waals surface area (Å²) in [6.45, 7) is 5.68. The summed E-state index contributed by atoms with van der Waals surface area (Å²) >= 11 is 0. The molecule has 234 valence electrons. The minimum absolute atomic E-state index is 0.0359. The summed E-state index contributed by atoms with van der Waals surface area (Å²) in [5.74, 6) is 2.62. The van der Waals surface area contributed by atoms with Gasteiger partial charge in [0.25, 0.3) is 0 Å². The molecule has 3 atom stereocenters. The molecule has 3 N–H and O–H groups in total. The fraction of sp³-hybridized carbons (Fsp3) is 0.394. The van der Waals surface area contributed by atoms with E-state index in [2.05, 4.69) is 22.5 Å². The van der Waals surface area contributed by atoms with Crippen molar-refractivity contribution in [3.8, 4) is 23.0 Å². The molecule has 2 aliphatic rings. The highest BCUT2D eigenvalue weighted by atomic mass is 16.7. The molecule has 44 heavy (non-hydrogen) atoms. The van der Waals surface area contributed by atoms with Gasteiger partial charge < -0.3 is 39.6 Å². The van der Waals surface area contributed by atoms with Crippen molar-refractivity contribution in [3.63, 3.8) is 0 Å². The predicted octanol–water partition coefficient (Wildman–Crippen LogP) is 4.35. The van der Waals surface area contributed by atoms with E-state index in [1.54, 1.807) is 54.5 Å². The Balaban J connectivity index is 1.33. The van der Waals surface area contributed by atoms with Crippen molar-refractivity contribution >= 4 is 23.3 Å². The molecule has 0 aliphatic carbocycles. The van der Waals surface area contributed by atoms with E-state index in [9.17, 15) is 14.7 Å². The molecule has 11 heteroatoms. The molecule has 0 radical (unpaired) electrons. The molecule has 5 rings (SSSR count). The number of aliphatic hydroxyl groups is 1. The topological polar surface area (TPSA) is 122 Å². The number of carbonyl (C=O) groups is 2. The van der Waals surface area contributed by atoms with E-state index in [0.717, 1.165) is 17.1 Å². The number of benzene rings is 3. The fourth-order valence-electron chi connectivity index (χ4n) is 5.42. The lowest BCUT2D eigenvalue weighted by atomic mass is 10.0. The zero-order valence-corrected chi connectivity index (χ0v) is 25.5. The number of carbonyl (C=O) groups excluding carboxylic acids is 2. The lowest BCUT2D eigenvalue weighted by Crippen LogP contribution is -2.47. The molecular formula is C33H40N4O7. The minimum Gasteiger partial charge on any atom is -0.497 e. The summed E-state index contributed by atoms with van der Waals surface area (Å²) in [5.41, 5.74) is 2.88. The Kier molecular flexibility index (Phi) is 9.76. The number of methoxy groups -OCH3 is 1. The number of rotatable bonds is 9. The lowest BCUT2D eigenvalue weighted by Gasteiger charge is -2.34. The van der Waals surface area contributed by atoms with Crippen LogP contribution in [0.5, 0.6) is 23.0 Å². The van der Waals surface area contributed by atoms with Crippen LogP contribution in [-0.4, -0.2) is 79.6 Å². The van der Waals surface area contributed by atoms with Gasteiger partial charge in [-0.05, 0) is 74.1 Å². The summed E-state index contributed by atoms with van der Waals surface area (Å²) < 4.78 is 22.8. The summed E-state index contributed by atoms with van der Waals surface area (Å²) in [4.78, 5) is 30.2. The summed E-state index contributed by atoms with van der Waals surface area (Å²) in [6.07, 6.45) is -0.189. The van der Waals surface area contributed by atoms with E-state index >= 15 is 0 Å². The number of fused-ring (bicyclic) bond motifs is 2. The monoisotopic (exact) mass is 604 g/mol. The Morgan fingerprint density at radius 3 is 2.50 bits per heavy atom. The van der Waals surface area contributed by atoms with E-state index in [1.165, 1.54) is 0 Å². The van der Waals surface area contributed by atoms with Crippen LogP contribution in [-0.2, 0) is 17.8 Å². The highest BCUT2D eigenvalue weighted by molar-refractivity contribution is 6.00. The minimum atomic E-state index is -0.419. The number of amides is 3. The van der Waals surface area contributed by atoms with Gasteiger partial charge in [-0.1, -0.05) is 13.0 Å². The first kappa shape index (κ1) is 31.0. The largest absolute Gasteiger partial charge is 0.497 e. The van der Waals surface area contributed by atoms with Gasteiger partial charge in [0.05, 0.1) is 26.2 Å². The van der Waals surface area contributed by atoms with Gasteiger partial charge in [-0.2, -0.15) is 0 Å².